The van der Waals surface area contributed by atoms with E-state index in [1.165, 1.54) is 11.1 Å². The SMILES string of the molecule is CCOc1ccccc1N=C(SC)N(Cc1ccc(OC)cc1)Cc1ccc(OC)cc1. The van der Waals surface area contributed by atoms with Crippen molar-refractivity contribution in [3.63, 3.8) is 0 Å². The van der Waals surface area contributed by atoms with E-state index in [9.17, 15) is 0 Å². The van der Waals surface area contributed by atoms with Gasteiger partial charge >= 0.3 is 0 Å². The number of ether oxygens (including phenoxy) is 3. The molecule has 32 heavy (non-hydrogen) atoms. The molecule has 0 N–H and O–H groups in total. The maximum Gasteiger partial charge on any atom is 0.164 e. The lowest BCUT2D eigenvalue weighted by Crippen LogP contribution is -2.27. The summed E-state index contributed by atoms with van der Waals surface area (Å²) in [6.07, 6.45) is 2.05. The topological polar surface area (TPSA) is 43.3 Å². The lowest BCUT2D eigenvalue weighted by Gasteiger charge is -2.26. The second-order valence-corrected chi connectivity index (χ2v) is 7.82. The third kappa shape index (κ3) is 6.44. The van der Waals surface area contributed by atoms with Gasteiger partial charge in [-0.25, -0.2) is 4.99 Å². The highest BCUT2D eigenvalue weighted by molar-refractivity contribution is 8.13. The molecule has 0 spiro atoms. The second-order valence-electron chi connectivity index (χ2n) is 7.05. The molecule has 0 amide bonds. The van der Waals surface area contributed by atoms with Gasteiger partial charge in [0.25, 0.3) is 0 Å². The largest absolute Gasteiger partial charge is 0.497 e. The molecule has 3 rings (SSSR count). The second kappa shape index (κ2) is 12.1. The zero-order valence-corrected chi connectivity index (χ0v) is 19.9. The summed E-state index contributed by atoms with van der Waals surface area (Å²) in [5.74, 6) is 2.48. The third-order valence-corrected chi connectivity index (χ3v) is 5.61. The Hall–Kier alpha value is -3.12. The molecule has 0 aromatic heterocycles. The first kappa shape index (κ1) is 23.5. The van der Waals surface area contributed by atoms with Gasteiger partial charge in [-0.1, -0.05) is 48.2 Å². The molecule has 0 atom stereocenters. The molecule has 0 unspecified atom stereocenters. The lowest BCUT2D eigenvalue weighted by molar-refractivity contribution is 0.341. The van der Waals surface area contributed by atoms with Crippen LogP contribution in [0.1, 0.15) is 18.1 Å². The molecule has 3 aromatic rings. The van der Waals surface area contributed by atoms with Gasteiger partial charge in [0.05, 0.1) is 20.8 Å². The fourth-order valence-corrected chi connectivity index (χ4v) is 3.85. The van der Waals surface area contributed by atoms with Crippen molar-refractivity contribution in [2.45, 2.75) is 20.0 Å². The number of para-hydroxylation sites is 2. The Kier molecular flexibility index (Phi) is 8.87. The lowest BCUT2D eigenvalue weighted by atomic mass is 10.1. The highest BCUT2D eigenvalue weighted by Gasteiger charge is 2.14. The molecule has 0 aliphatic heterocycles. The van der Waals surface area contributed by atoms with E-state index in [-0.39, 0.29) is 0 Å². The number of rotatable bonds is 9. The number of benzene rings is 3. The van der Waals surface area contributed by atoms with E-state index < -0.39 is 0 Å². The molecule has 0 saturated heterocycles. The first-order chi connectivity index (χ1) is 15.7. The number of methoxy groups -OCH3 is 2. The summed E-state index contributed by atoms with van der Waals surface area (Å²) in [6.45, 7) is 4.01. The molecular formula is C26H30N2O3S. The van der Waals surface area contributed by atoms with Crippen LogP contribution in [0.25, 0.3) is 0 Å². The van der Waals surface area contributed by atoms with E-state index >= 15 is 0 Å². The number of thioether (sulfide) groups is 1. The van der Waals surface area contributed by atoms with Crippen LogP contribution in [0.15, 0.2) is 77.8 Å². The van der Waals surface area contributed by atoms with Gasteiger partial charge < -0.3 is 19.1 Å². The van der Waals surface area contributed by atoms with Crippen LogP contribution in [-0.2, 0) is 13.1 Å². The highest BCUT2D eigenvalue weighted by atomic mass is 32.2. The Morgan fingerprint density at radius 3 is 1.81 bits per heavy atom. The van der Waals surface area contributed by atoms with Crippen LogP contribution in [0.4, 0.5) is 5.69 Å². The fraction of sp³-hybridized carbons (Fsp3) is 0.269. The minimum Gasteiger partial charge on any atom is -0.497 e. The number of hydrogen-bond acceptors (Lipinski definition) is 5. The smallest absolute Gasteiger partial charge is 0.164 e. The predicted octanol–water partition coefficient (Wildman–Crippen LogP) is 6.16. The van der Waals surface area contributed by atoms with Crippen molar-refractivity contribution in [1.29, 1.82) is 0 Å². The number of hydrogen-bond donors (Lipinski definition) is 0. The van der Waals surface area contributed by atoms with Crippen LogP contribution < -0.4 is 14.2 Å². The van der Waals surface area contributed by atoms with Crippen LogP contribution >= 0.6 is 11.8 Å². The Bertz CT molecular complexity index is 955. The molecule has 0 fully saturated rings. The summed E-state index contributed by atoms with van der Waals surface area (Å²) in [6, 6.07) is 24.2. The monoisotopic (exact) mass is 450 g/mol. The van der Waals surface area contributed by atoms with Gasteiger partial charge in [-0.3, -0.25) is 0 Å². The fourth-order valence-electron chi connectivity index (χ4n) is 3.27. The van der Waals surface area contributed by atoms with E-state index in [4.69, 9.17) is 19.2 Å². The summed E-state index contributed by atoms with van der Waals surface area (Å²) in [5, 5.41) is 0.920. The molecule has 0 heterocycles. The molecule has 0 saturated carbocycles. The maximum absolute atomic E-state index is 5.79. The van der Waals surface area contributed by atoms with E-state index in [1.807, 2.05) is 55.5 Å². The molecule has 0 aliphatic rings. The van der Waals surface area contributed by atoms with Crippen LogP contribution in [0.3, 0.4) is 0 Å². The Balaban J connectivity index is 1.94. The minimum absolute atomic E-state index is 0.600. The first-order valence-corrected chi connectivity index (χ1v) is 11.7. The summed E-state index contributed by atoms with van der Waals surface area (Å²) in [4.78, 5) is 7.26. The van der Waals surface area contributed by atoms with Gasteiger partial charge in [0.15, 0.2) is 5.17 Å². The quantitative estimate of drug-likeness (QED) is 0.289. The third-order valence-electron chi connectivity index (χ3n) is 4.90. The molecule has 5 nitrogen and oxygen atoms in total. The molecule has 6 heteroatoms. The van der Waals surface area contributed by atoms with Crippen molar-refractivity contribution in [1.82, 2.24) is 4.90 Å². The van der Waals surface area contributed by atoms with Crippen molar-refractivity contribution in [2.24, 2.45) is 4.99 Å². The molecule has 168 valence electrons. The Labute approximate surface area is 195 Å². The van der Waals surface area contributed by atoms with E-state index in [1.54, 1.807) is 26.0 Å². The van der Waals surface area contributed by atoms with Crippen molar-refractivity contribution < 1.29 is 14.2 Å². The van der Waals surface area contributed by atoms with Gasteiger partial charge in [0.2, 0.25) is 0 Å². The van der Waals surface area contributed by atoms with E-state index in [2.05, 4.69) is 35.4 Å². The van der Waals surface area contributed by atoms with Gasteiger partial charge in [-0.15, -0.1) is 0 Å². The summed E-state index contributed by atoms with van der Waals surface area (Å²) < 4.78 is 16.4. The number of aliphatic imine (C=N–C) groups is 1. The van der Waals surface area contributed by atoms with Gasteiger partial charge in [0.1, 0.15) is 22.9 Å². The first-order valence-electron chi connectivity index (χ1n) is 10.5. The normalized spacial score (nSPS) is 11.2. The summed E-state index contributed by atoms with van der Waals surface area (Å²) in [7, 11) is 3.36. The summed E-state index contributed by atoms with van der Waals surface area (Å²) in [5.41, 5.74) is 3.19. The zero-order valence-electron chi connectivity index (χ0n) is 19.1. The predicted molar refractivity (Wildman–Crippen MR) is 133 cm³/mol. The Morgan fingerprint density at radius 1 is 0.812 bits per heavy atom. The number of amidine groups is 1. The minimum atomic E-state index is 0.600. The van der Waals surface area contributed by atoms with Crippen LogP contribution in [0, 0.1) is 0 Å². The van der Waals surface area contributed by atoms with Crippen molar-refractivity contribution in [3.05, 3.63) is 83.9 Å². The molecule has 3 aromatic carbocycles. The van der Waals surface area contributed by atoms with Crippen LogP contribution in [0.5, 0.6) is 17.2 Å². The van der Waals surface area contributed by atoms with Crippen LogP contribution in [-0.4, -0.2) is 37.1 Å². The van der Waals surface area contributed by atoms with E-state index in [0.717, 1.165) is 28.1 Å². The zero-order chi connectivity index (χ0) is 22.8. The van der Waals surface area contributed by atoms with Crippen LogP contribution in [0.2, 0.25) is 0 Å². The molecular weight excluding hydrogens is 420 g/mol. The van der Waals surface area contributed by atoms with E-state index in [0.29, 0.717) is 19.7 Å². The van der Waals surface area contributed by atoms with Crippen molar-refractivity contribution in [2.75, 3.05) is 27.1 Å². The molecule has 0 radical (unpaired) electrons. The average Bonchev–Trinajstić information content (AvgIpc) is 2.84. The van der Waals surface area contributed by atoms with Gasteiger partial charge in [0, 0.05) is 13.1 Å². The average molecular weight is 451 g/mol. The molecule has 0 bridgehead atoms. The van der Waals surface area contributed by atoms with Gasteiger partial charge in [-0.05, 0) is 60.7 Å². The molecule has 0 aliphatic carbocycles. The maximum atomic E-state index is 5.79. The highest BCUT2D eigenvalue weighted by Crippen LogP contribution is 2.29. The van der Waals surface area contributed by atoms with Crippen molar-refractivity contribution >= 4 is 22.6 Å². The Morgan fingerprint density at radius 2 is 1.34 bits per heavy atom. The number of nitrogens with zero attached hydrogens (tertiary/aromatic N) is 2. The summed E-state index contributed by atoms with van der Waals surface area (Å²) >= 11 is 1.62. The standard InChI is InChI=1S/C26H30N2O3S/c1-5-31-25-9-7-6-8-24(25)27-26(32-4)28(18-20-10-14-22(29-2)15-11-20)19-21-12-16-23(30-3)17-13-21/h6-17H,5,18-19H2,1-4H3. The van der Waals surface area contributed by atoms with Gasteiger partial charge in [-0.2, -0.15) is 0 Å². The van der Waals surface area contributed by atoms with Crippen molar-refractivity contribution in [3.8, 4) is 17.2 Å².